The standard InChI is InChI=1S/C15H10S/c1-2-4-13-10(3-1)7-12-8-11-5-6-16-15(11)9-14(12)13/h1-6,8-9H,7H2. The monoisotopic (exact) mass is 222 g/mol. The number of rotatable bonds is 0. The van der Waals surface area contributed by atoms with E-state index in [0.717, 1.165) is 6.42 Å². The second kappa shape index (κ2) is 2.96. The molecular weight excluding hydrogens is 212 g/mol. The van der Waals surface area contributed by atoms with Crippen LogP contribution in [0.25, 0.3) is 21.2 Å². The van der Waals surface area contributed by atoms with Crippen LogP contribution >= 0.6 is 11.3 Å². The van der Waals surface area contributed by atoms with Gasteiger partial charge in [0.05, 0.1) is 0 Å². The predicted octanol–water partition coefficient (Wildman–Crippen LogP) is 4.47. The third-order valence-corrected chi connectivity index (χ3v) is 4.25. The van der Waals surface area contributed by atoms with Gasteiger partial charge >= 0.3 is 0 Å². The van der Waals surface area contributed by atoms with Crippen LogP contribution in [0.1, 0.15) is 11.1 Å². The fraction of sp³-hybridized carbons (Fsp3) is 0.0667. The van der Waals surface area contributed by atoms with E-state index in [4.69, 9.17) is 0 Å². The summed E-state index contributed by atoms with van der Waals surface area (Å²) in [6, 6.07) is 15.6. The third-order valence-electron chi connectivity index (χ3n) is 3.37. The maximum absolute atomic E-state index is 2.35. The van der Waals surface area contributed by atoms with Crippen molar-refractivity contribution in [3.63, 3.8) is 0 Å². The summed E-state index contributed by atoms with van der Waals surface area (Å²) in [5.41, 5.74) is 5.81. The number of benzene rings is 2. The first kappa shape index (κ1) is 8.54. The molecule has 0 radical (unpaired) electrons. The van der Waals surface area contributed by atoms with Crippen LogP contribution in [-0.4, -0.2) is 0 Å². The molecular formula is C15H10S. The molecule has 16 heavy (non-hydrogen) atoms. The van der Waals surface area contributed by atoms with Crippen LogP contribution in [0.3, 0.4) is 0 Å². The zero-order valence-corrected chi connectivity index (χ0v) is 9.55. The van der Waals surface area contributed by atoms with Gasteiger partial charge in [0, 0.05) is 4.70 Å². The van der Waals surface area contributed by atoms with E-state index in [9.17, 15) is 0 Å². The lowest BCUT2D eigenvalue weighted by Crippen LogP contribution is -1.78. The van der Waals surface area contributed by atoms with E-state index in [2.05, 4.69) is 47.8 Å². The van der Waals surface area contributed by atoms with Gasteiger partial charge < -0.3 is 0 Å². The van der Waals surface area contributed by atoms with Crippen molar-refractivity contribution in [3.8, 4) is 11.1 Å². The SMILES string of the molecule is c1ccc2c(c1)Cc1cc3ccsc3cc1-2. The van der Waals surface area contributed by atoms with Crippen LogP contribution in [0.15, 0.2) is 47.8 Å². The highest BCUT2D eigenvalue weighted by molar-refractivity contribution is 7.17. The lowest BCUT2D eigenvalue weighted by atomic mass is 10.1. The van der Waals surface area contributed by atoms with Gasteiger partial charge in [0.25, 0.3) is 0 Å². The Morgan fingerprint density at radius 1 is 0.875 bits per heavy atom. The van der Waals surface area contributed by atoms with Crippen LogP contribution < -0.4 is 0 Å². The molecule has 0 aliphatic heterocycles. The molecule has 1 aromatic heterocycles. The van der Waals surface area contributed by atoms with Gasteiger partial charge in [-0.1, -0.05) is 24.3 Å². The molecule has 0 N–H and O–H groups in total. The molecule has 2 aromatic carbocycles. The third kappa shape index (κ3) is 1.04. The van der Waals surface area contributed by atoms with Crippen molar-refractivity contribution in [2.45, 2.75) is 6.42 Å². The van der Waals surface area contributed by atoms with Crippen molar-refractivity contribution >= 4 is 21.4 Å². The quantitative estimate of drug-likeness (QED) is 0.411. The first-order chi connectivity index (χ1) is 7.92. The lowest BCUT2D eigenvalue weighted by molar-refractivity contribution is 1.27. The Labute approximate surface area is 98.2 Å². The van der Waals surface area contributed by atoms with E-state index in [1.807, 2.05) is 11.3 Å². The smallest absolute Gasteiger partial charge is 0.0349 e. The van der Waals surface area contributed by atoms with Crippen LogP contribution in [0.5, 0.6) is 0 Å². The Kier molecular flexibility index (Phi) is 1.58. The summed E-state index contributed by atoms with van der Waals surface area (Å²) in [5.74, 6) is 0. The average molecular weight is 222 g/mol. The molecule has 0 atom stereocenters. The van der Waals surface area contributed by atoms with Gasteiger partial charge in [-0.15, -0.1) is 11.3 Å². The normalized spacial score (nSPS) is 12.8. The maximum atomic E-state index is 2.35. The minimum Gasteiger partial charge on any atom is -0.144 e. The number of hydrogen-bond acceptors (Lipinski definition) is 1. The molecule has 0 saturated carbocycles. The number of thiophene rings is 1. The second-order valence-corrected chi connectivity index (χ2v) is 5.25. The Morgan fingerprint density at radius 2 is 1.81 bits per heavy atom. The highest BCUT2D eigenvalue weighted by atomic mass is 32.1. The molecule has 1 heteroatoms. The summed E-state index contributed by atoms with van der Waals surface area (Å²) < 4.78 is 1.40. The Bertz CT molecular complexity index is 691. The Hall–Kier alpha value is -1.60. The van der Waals surface area contributed by atoms with Crippen molar-refractivity contribution in [3.05, 3.63) is 59.0 Å². The minimum absolute atomic E-state index is 1.09. The summed E-state index contributed by atoms with van der Waals surface area (Å²) in [4.78, 5) is 0. The lowest BCUT2D eigenvalue weighted by Gasteiger charge is -2.00. The van der Waals surface area contributed by atoms with Crippen molar-refractivity contribution in [1.82, 2.24) is 0 Å². The van der Waals surface area contributed by atoms with E-state index in [0.29, 0.717) is 0 Å². The van der Waals surface area contributed by atoms with Crippen molar-refractivity contribution in [1.29, 1.82) is 0 Å². The molecule has 3 aromatic rings. The highest BCUT2D eigenvalue weighted by Gasteiger charge is 2.18. The molecule has 1 aliphatic carbocycles. The number of fused-ring (bicyclic) bond motifs is 4. The van der Waals surface area contributed by atoms with Crippen molar-refractivity contribution in [2.24, 2.45) is 0 Å². The molecule has 4 rings (SSSR count). The van der Waals surface area contributed by atoms with E-state index in [1.54, 1.807) is 0 Å². The van der Waals surface area contributed by atoms with Gasteiger partial charge in [-0.2, -0.15) is 0 Å². The van der Waals surface area contributed by atoms with Gasteiger partial charge in [0.1, 0.15) is 0 Å². The summed E-state index contributed by atoms with van der Waals surface area (Å²) in [7, 11) is 0. The largest absolute Gasteiger partial charge is 0.144 e. The van der Waals surface area contributed by atoms with Crippen LogP contribution in [0.4, 0.5) is 0 Å². The van der Waals surface area contributed by atoms with Gasteiger partial charge in [-0.25, -0.2) is 0 Å². The zero-order chi connectivity index (χ0) is 10.5. The van der Waals surface area contributed by atoms with E-state index in [1.165, 1.54) is 32.3 Å². The first-order valence-electron chi connectivity index (χ1n) is 5.50. The molecule has 1 aliphatic rings. The molecule has 1 heterocycles. The molecule has 0 fully saturated rings. The molecule has 76 valence electrons. The van der Waals surface area contributed by atoms with Crippen LogP contribution in [0.2, 0.25) is 0 Å². The zero-order valence-electron chi connectivity index (χ0n) is 8.73. The van der Waals surface area contributed by atoms with E-state index >= 15 is 0 Å². The topological polar surface area (TPSA) is 0 Å². The number of hydrogen-bond donors (Lipinski definition) is 0. The van der Waals surface area contributed by atoms with E-state index < -0.39 is 0 Å². The molecule has 0 bridgehead atoms. The fourth-order valence-electron chi connectivity index (χ4n) is 2.60. The van der Waals surface area contributed by atoms with Gasteiger partial charge in [0.15, 0.2) is 0 Å². The Morgan fingerprint density at radius 3 is 2.81 bits per heavy atom. The summed E-state index contributed by atoms with van der Waals surface area (Å²) in [6.07, 6.45) is 1.09. The summed E-state index contributed by atoms with van der Waals surface area (Å²) in [5, 5.41) is 3.56. The molecule has 0 amide bonds. The van der Waals surface area contributed by atoms with Gasteiger partial charge in [0.2, 0.25) is 0 Å². The fourth-order valence-corrected chi connectivity index (χ4v) is 3.41. The van der Waals surface area contributed by atoms with E-state index in [-0.39, 0.29) is 0 Å². The first-order valence-corrected chi connectivity index (χ1v) is 6.38. The summed E-state index contributed by atoms with van der Waals surface area (Å²) in [6.45, 7) is 0. The maximum Gasteiger partial charge on any atom is 0.0349 e. The van der Waals surface area contributed by atoms with Gasteiger partial charge in [-0.3, -0.25) is 0 Å². The molecule has 0 spiro atoms. The highest BCUT2D eigenvalue weighted by Crippen LogP contribution is 2.39. The molecule has 0 nitrogen and oxygen atoms in total. The van der Waals surface area contributed by atoms with Crippen LogP contribution in [0, 0.1) is 0 Å². The Balaban J connectivity index is 2.09. The molecule has 0 saturated heterocycles. The molecule has 0 unspecified atom stereocenters. The van der Waals surface area contributed by atoms with Crippen LogP contribution in [-0.2, 0) is 6.42 Å². The van der Waals surface area contributed by atoms with Crippen molar-refractivity contribution in [2.75, 3.05) is 0 Å². The minimum atomic E-state index is 1.09. The van der Waals surface area contributed by atoms with Gasteiger partial charge in [-0.05, 0) is 57.6 Å². The average Bonchev–Trinajstić information content (AvgIpc) is 2.88. The predicted molar refractivity (Wildman–Crippen MR) is 70.1 cm³/mol. The van der Waals surface area contributed by atoms with Crippen molar-refractivity contribution < 1.29 is 0 Å². The second-order valence-electron chi connectivity index (χ2n) is 4.30. The summed E-state index contributed by atoms with van der Waals surface area (Å²) >= 11 is 1.83.